The Hall–Kier alpha value is -0.830. The third-order valence-corrected chi connectivity index (χ3v) is 2.67. The van der Waals surface area contributed by atoms with E-state index in [1.807, 2.05) is 26.0 Å². The van der Waals surface area contributed by atoms with Crippen LogP contribution < -0.4 is 4.74 Å². The average molecular weight is 271 g/mol. The van der Waals surface area contributed by atoms with Crippen molar-refractivity contribution in [2.24, 2.45) is 0 Å². The van der Waals surface area contributed by atoms with Crippen LogP contribution in [0.2, 0.25) is 0 Å². The minimum absolute atomic E-state index is 0.262. The first-order chi connectivity index (χ1) is 7.08. The molecule has 1 rings (SSSR count). The quantitative estimate of drug-likeness (QED) is 0.621. The van der Waals surface area contributed by atoms with Crippen molar-refractivity contribution in [3.63, 3.8) is 0 Å². The van der Waals surface area contributed by atoms with Crippen LogP contribution in [0.1, 0.15) is 31.9 Å². The standard InChI is InChI=1S/C12H15BrO2/c1-4-9-6-11(13)7-10(5-2)12(9)15-8(3)14/h6-7H,4-5H2,1-3H3. The zero-order valence-corrected chi connectivity index (χ0v) is 10.8. The van der Waals surface area contributed by atoms with Crippen LogP contribution in [0.15, 0.2) is 16.6 Å². The van der Waals surface area contributed by atoms with Crippen molar-refractivity contribution >= 4 is 21.9 Å². The summed E-state index contributed by atoms with van der Waals surface area (Å²) in [6, 6.07) is 3.99. The molecule has 82 valence electrons. The molecule has 0 aliphatic heterocycles. The van der Waals surface area contributed by atoms with Crippen LogP contribution >= 0.6 is 15.9 Å². The molecule has 1 aromatic rings. The van der Waals surface area contributed by atoms with E-state index in [4.69, 9.17) is 4.74 Å². The average Bonchev–Trinajstić information content (AvgIpc) is 2.19. The summed E-state index contributed by atoms with van der Waals surface area (Å²) < 4.78 is 6.29. The molecule has 2 nitrogen and oxygen atoms in total. The van der Waals surface area contributed by atoms with Gasteiger partial charge in [0.25, 0.3) is 0 Å². The van der Waals surface area contributed by atoms with Gasteiger partial charge < -0.3 is 4.74 Å². The first-order valence-corrected chi connectivity index (χ1v) is 5.87. The Kier molecular flexibility index (Phi) is 4.33. The Balaban J connectivity index is 3.23. The fraction of sp³-hybridized carbons (Fsp3) is 0.417. The zero-order valence-electron chi connectivity index (χ0n) is 9.26. The third-order valence-electron chi connectivity index (χ3n) is 2.22. The number of benzene rings is 1. The predicted octanol–water partition coefficient (Wildman–Crippen LogP) is 3.50. The second-order valence-electron chi connectivity index (χ2n) is 3.35. The van der Waals surface area contributed by atoms with E-state index in [2.05, 4.69) is 15.9 Å². The minimum atomic E-state index is -0.262. The van der Waals surface area contributed by atoms with Gasteiger partial charge >= 0.3 is 5.97 Å². The molecule has 1 aromatic carbocycles. The molecular weight excluding hydrogens is 256 g/mol. The van der Waals surface area contributed by atoms with Gasteiger partial charge in [0.2, 0.25) is 0 Å². The normalized spacial score (nSPS) is 10.1. The highest BCUT2D eigenvalue weighted by Crippen LogP contribution is 2.29. The highest BCUT2D eigenvalue weighted by molar-refractivity contribution is 9.10. The Morgan fingerprint density at radius 3 is 2.07 bits per heavy atom. The molecule has 0 spiro atoms. The lowest BCUT2D eigenvalue weighted by Gasteiger charge is -2.12. The van der Waals surface area contributed by atoms with Gasteiger partial charge in [-0.3, -0.25) is 4.79 Å². The van der Waals surface area contributed by atoms with Crippen molar-refractivity contribution in [2.45, 2.75) is 33.6 Å². The van der Waals surface area contributed by atoms with Crippen LogP contribution in [0.3, 0.4) is 0 Å². The summed E-state index contributed by atoms with van der Waals surface area (Å²) in [7, 11) is 0. The lowest BCUT2D eigenvalue weighted by molar-refractivity contribution is -0.132. The number of esters is 1. The van der Waals surface area contributed by atoms with E-state index in [0.29, 0.717) is 0 Å². The summed E-state index contributed by atoms with van der Waals surface area (Å²) in [6.07, 6.45) is 1.71. The molecule has 15 heavy (non-hydrogen) atoms. The number of aryl methyl sites for hydroxylation is 2. The summed E-state index contributed by atoms with van der Waals surface area (Å²) in [6.45, 7) is 5.53. The summed E-state index contributed by atoms with van der Waals surface area (Å²) in [5, 5.41) is 0. The number of carbonyl (C=O) groups excluding carboxylic acids is 1. The van der Waals surface area contributed by atoms with Gasteiger partial charge in [0, 0.05) is 11.4 Å². The molecule has 0 atom stereocenters. The van der Waals surface area contributed by atoms with E-state index >= 15 is 0 Å². The predicted molar refractivity (Wildman–Crippen MR) is 64.2 cm³/mol. The number of ether oxygens (including phenoxy) is 1. The van der Waals surface area contributed by atoms with Crippen molar-refractivity contribution in [1.82, 2.24) is 0 Å². The van der Waals surface area contributed by atoms with E-state index in [1.54, 1.807) is 0 Å². The molecule has 0 bridgehead atoms. The van der Waals surface area contributed by atoms with Crippen LogP contribution in [-0.4, -0.2) is 5.97 Å². The van der Waals surface area contributed by atoms with Gasteiger partial charge in [0.1, 0.15) is 5.75 Å². The number of hydrogen-bond donors (Lipinski definition) is 0. The largest absolute Gasteiger partial charge is 0.426 e. The number of hydrogen-bond acceptors (Lipinski definition) is 2. The molecule has 0 unspecified atom stereocenters. The second kappa shape index (κ2) is 5.31. The molecule has 0 amide bonds. The van der Waals surface area contributed by atoms with E-state index in [1.165, 1.54) is 6.92 Å². The third kappa shape index (κ3) is 3.06. The van der Waals surface area contributed by atoms with Crippen molar-refractivity contribution in [3.8, 4) is 5.75 Å². The van der Waals surface area contributed by atoms with Gasteiger partial charge in [-0.2, -0.15) is 0 Å². The molecule has 0 aromatic heterocycles. The molecule has 0 N–H and O–H groups in total. The van der Waals surface area contributed by atoms with Gasteiger partial charge in [-0.05, 0) is 36.1 Å². The lowest BCUT2D eigenvalue weighted by Crippen LogP contribution is -2.06. The van der Waals surface area contributed by atoms with Crippen LogP contribution in [0.4, 0.5) is 0 Å². The molecule has 0 saturated heterocycles. The fourth-order valence-electron chi connectivity index (χ4n) is 1.51. The topological polar surface area (TPSA) is 26.3 Å². The summed E-state index contributed by atoms with van der Waals surface area (Å²) in [5.41, 5.74) is 2.13. The van der Waals surface area contributed by atoms with E-state index in [0.717, 1.165) is 34.2 Å². The van der Waals surface area contributed by atoms with Crippen LogP contribution in [-0.2, 0) is 17.6 Å². The molecule has 0 saturated carbocycles. The SMILES string of the molecule is CCc1cc(Br)cc(CC)c1OC(C)=O. The van der Waals surface area contributed by atoms with Gasteiger partial charge in [-0.15, -0.1) is 0 Å². The van der Waals surface area contributed by atoms with E-state index in [-0.39, 0.29) is 5.97 Å². The molecule has 3 heteroatoms. The van der Waals surface area contributed by atoms with Gasteiger partial charge in [-0.25, -0.2) is 0 Å². The summed E-state index contributed by atoms with van der Waals surface area (Å²) >= 11 is 3.45. The summed E-state index contributed by atoms with van der Waals surface area (Å²) in [4.78, 5) is 11.0. The molecule has 0 aliphatic rings. The van der Waals surface area contributed by atoms with Gasteiger partial charge in [0.05, 0.1) is 0 Å². The van der Waals surface area contributed by atoms with Gasteiger partial charge in [0.15, 0.2) is 0 Å². The Morgan fingerprint density at radius 2 is 1.73 bits per heavy atom. The molecular formula is C12H15BrO2. The van der Waals surface area contributed by atoms with Crippen molar-refractivity contribution in [1.29, 1.82) is 0 Å². The number of halogens is 1. The van der Waals surface area contributed by atoms with Gasteiger partial charge in [-0.1, -0.05) is 29.8 Å². The van der Waals surface area contributed by atoms with Crippen molar-refractivity contribution in [3.05, 3.63) is 27.7 Å². The maximum absolute atomic E-state index is 11.0. The summed E-state index contributed by atoms with van der Waals surface area (Å²) in [5.74, 6) is 0.470. The molecule has 0 fully saturated rings. The maximum Gasteiger partial charge on any atom is 0.308 e. The molecule has 0 radical (unpaired) electrons. The van der Waals surface area contributed by atoms with Crippen LogP contribution in [0.25, 0.3) is 0 Å². The van der Waals surface area contributed by atoms with E-state index in [9.17, 15) is 4.79 Å². The van der Waals surface area contributed by atoms with Crippen LogP contribution in [0, 0.1) is 0 Å². The lowest BCUT2D eigenvalue weighted by atomic mass is 10.0. The van der Waals surface area contributed by atoms with Crippen molar-refractivity contribution in [2.75, 3.05) is 0 Å². The monoisotopic (exact) mass is 270 g/mol. The Labute approximate surface area is 98.8 Å². The first kappa shape index (κ1) is 12.2. The zero-order chi connectivity index (χ0) is 11.4. The minimum Gasteiger partial charge on any atom is -0.426 e. The number of rotatable bonds is 3. The highest BCUT2D eigenvalue weighted by Gasteiger charge is 2.11. The highest BCUT2D eigenvalue weighted by atomic mass is 79.9. The Bertz CT molecular complexity index is 347. The maximum atomic E-state index is 11.0. The Morgan fingerprint density at radius 1 is 1.27 bits per heavy atom. The molecule has 0 aliphatic carbocycles. The molecule has 0 heterocycles. The second-order valence-corrected chi connectivity index (χ2v) is 4.27. The van der Waals surface area contributed by atoms with E-state index < -0.39 is 0 Å². The number of carbonyl (C=O) groups is 1. The smallest absolute Gasteiger partial charge is 0.308 e. The first-order valence-electron chi connectivity index (χ1n) is 5.08. The fourth-order valence-corrected chi connectivity index (χ4v) is 2.06. The van der Waals surface area contributed by atoms with Crippen LogP contribution in [0.5, 0.6) is 5.75 Å². The van der Waals surface area contributed by atoms with Crippen molar-refractivity contribution < 1.29 is 9.53 Å².